The Bertz CT molecular complexity index is 759. The Balaban J connectivity index is 0.000000149. The molecule has 2 aromatic rings. The van der Waals surface area contributed by atoms with Crippen LogP contribution < -0.4 is 0 Å². The molecule has 0 amide bonds. The van der Waals surface area contributed by atoms with E-state index in [0.29, 0.717) is 0 Å². The van der Waals surface area contributed by atoms with Crippen molar-refractivity contribution >= 4 is 29.1 Å². The molecular weight excluding hydrogens is 328 g/mol. The van der Waals surface area contributed by atoms with Gasteiger partial charge >= 0.3 is 0 Å². The van der Waals surface area contributed by atoms with E-state index in [9.17, 15) is 0 Å². The topological polar surface area (TPSA) is 0 Å². The van der Waals surface area contributed by atoms with Gasteiger partial charge in [-0.25, -0.2) is 0 Å². The predicted molar refractivity (Wildman–Crippen MR) is 110 cm³/mol. The minimum atomic E-state index is 1.04. The van der Waals surface area contributed by atoms with Crippen molar-refractivity contribution in [2.45, 2.75) is 23.1 Å². The van der Waals surface area contributed by atoms with Gasteiger partial charge in [-0.05, 0) is 47.8 Å². The molecule has 0 atom stereocenters. The maximum absolute atomic E-state index is 3.88. The van der Waals surface area contributed by atoms with Gasteiger partial charge in [0.25, 0.3) is 0 Å². The number of hydrogen-bond donors (Lipinski definition) is 0. The molecule has 2 aliphatic rings. The van der Waals surface area contributed by atoms with E-state index in [1.54, 1.807) is 0 Å². The van der Waals surface area contributed by atoms with Crippen LogP contribution in [0.25, 0.3) is 5.57 Å². The Morgan fingerprint density at radius 3 is 2.17 bits per heavy atom. The Morgan fingerprint density at radius 2 is 1.54 bits per heavy atom. The highest BCUT2D eigenvalue weighted by molar-refractivity contribution is 8.05. The first kappa shape index (κ1) is 17.2. The molecule has 0 spiro atoms. The van der Waals surface area contributed by atoms with Crippen LogP contribution in [0.2, 0.25) is 0 Å². The third-order valence-corrected chi connectivity index (χ3v) is 6.59. The van der Waals surface area contributed by atoms with Crippen molar-refractivity contribution < 1.29 is 0 Å². The number of benzene rings is 2. The van der Waals surface area contributed by atoms with Gasteiger partial charge < -0.3 is 0 Å². The first-order valence-electron chi connectivity index (χ1n) is 8.24. The Kier molecular flexibility index (Phi) is 6.06. The van der Waals surface area contributed by atoms with Crippen LogP contribution in [-0.4, -0.2) is 11.5 Å². The number of allylic oxidation sites excluding steroid dienone is 5. The zero-order chi connectivity index (χ0) is 16.8. The van der Waals surface area contributed by atoms with E-state index in [0.717, 1.165) is 6.42 Å². The van der Waals surface area contributed by atoms with Crippen LogP contribution in [-0.2, 0) is 6.42 Å². The van der Waals surface area contributed by atoms with Crippen molar-refractivity contribution in [1.29, 1.82) is 0 Å². The van der Waals surface area contributed by atoms with Crippen LogP contribution in [0.3, 0.4) is 0 Å². The van der Waals surface area contributed by atoms with Gasteiger partial charge in [0.15, 0.2) is 0 Å². The van der Waals surface area contributed by atoms with Crippen LogP contribution in [0.4, 0.5) is 0 Å². The van der Waals surface area contributed by atoms with Crippen molar-refractivity contribution in [3.8, 4) is 0 Å². The molecule has 0 aromatic heterocycles. The number of rotatable bonds is 2. The lowest BCUT2D eigenvalue weighted by Gasteiger charge is -2.12. The van der Waals surface area contributed by atoms with Crippen LogP contribution in [0, 0.1) is 0 Å². The molecule has 0 saturated heterocycles. The zero-order valence-corrected chi connectivity index (χ0v) is 15.6. The van der Waals surface area contributed by atoms with E-state index in [4.69, 9.17) is 0 Å². The summed E-state index contributed by atoms with van der Waals surface area (Å²) in [7, 11) is 0. The molecule has 2 heteroatoms. The van der Waals surface area contributed by atoms with Crippen molar-refractivity contribution in [2.75, 3.05) is 11.5 Å². The Morgan fingerprint density at radius 1 is 0.917 bits per heavy atom. The molecule has 0 radical (unpaired) electrons. The molecule has 0 fully saturated rings. The van der Waals surface area contributed by atoms with Crippen LogP contribution in [0.1, 0.15) is 18.1 Å². The van der Waals surface area contributed by atoms with Gasteiger partial charge in [-0.15, -0.1) is 23.5 Å². The molecule has 0 nitrogen and oxygen atoms in total. The maximum Gasteiger partial charge on any atom is 0.0208 e. The quantitative estimate of drug-likeness (QED) is 0.595. The van der Waals surface area contributed by atoms with E-state index in [2.05, 4.69) is 74.2 Å². The molecule has 1 heterocycles. The summed E-state index contributed by atoms with van der Waals surface area (Å²) in [4.78, 5) is 2.91. The second-order valence-corrected chi connectivity index (χ2v) is 7.89. The minimum absolute atomic E-state index is 1.04. The second kappa shape index (κ2) is 8.46. The van der Waals surface area contributed by atoms with E-state index >= 15 is 0 Å². The highest BCUT2D eigenvalue weighted by Crippen LogP contribution is 2.36. The third kappa shape index (κ3) is 3.88. The Hall–Kier alpha value is -1.64. The molecule has 0 bridgehead atoms. The monoisotopic (exact) mass is 350 g/mol. The molecule has 122 valence electrons. The van der Waals surface area contributed by atoms with Crippen molar-refractivity contribution in [1.82, 2.24) is 0 Å². The van der Waals surface area contributed by atoms with E-state index < -0.39 is 0 Å². The summed E-state index contributed by atoms with van der Waals surface area (Å²) in [5.41, 5.74) is 5.42. The average molecular weight is 351 g/mol. The first-order valence-corrected chi connectivity index (χ1v) is 10.2. The fourth-order valence-electron chi connectivity index (χ4n) is 2.99. The van der Waals surface area contributed by atoms with Gasteiger partial charge in [-0.1, -0.05) is 61.2 Å². The fourth-order valence-corrected chi connectivity index (χ4v) is 5.22. The first-order chi connectivity index (χ1) is 11.8. The summed E-state index contributed by atoms with van der Waals surface area (Å²) in [5.74, 6) is 2.53. The molecule has 1 aliphatic heterocycles. The summed E-state index contributed by atoms with van der Waals surface area (Å²) in [5, 5.41) is 0. The Labute approximate surface area is 153 Å². The van der Waals surface area contributed by atoms with Crippen LogP contribution >= 0.6 is 23.5 Å². The zero-order valence-electron chi connectivity index (χ0n) is 14.0. The largest absolute Gasteiger partial charge is 0.124 e. The van der Waals surface area contributed by atoms with Gasteiger partial charge in [-0.3, -0.25) is 0 Å². The van der Waals surface area contributed by atoms with Crippen molar-refractivity contribution in [3.63, 3.8) is 0 Å². The summed E-state index contributed by atoms with van der Waals surface area (Å²) in [6.45, 7) is 5.93. The normalized spacial score (nSPS) is 15.5. The summed E-state index contributed by atoms with van der Waals surface area (Å²) < 4.78 is 0. The number of thioether (sulfide) groups is 2. The number of hydrogen-bond acceptors (Lipinski definition) is 2. The molecule has 0 saturated carbocycles. The minimum Gasteiger partial charge on any atom is -0.124 e. The van der Waals surface area contributed by atoms with Crippen molar-refractivity contribution in [2.24, 2.45) is 0 Å². The maximum atomic E-state index is 3.88. The highest BCUT2D eigenvalue weighted by Gasteiger charge is 2.16. The van der Waals surface area contributed by atoms with Gasteiger partial charge in [0, 0.05) is 21.3 Å². The number of fused-ring (bicyclic) bond motifs is 2. The lowest BCUT2D eigenvalue weighted by Crippen LogP contribution is -1.92. The molecule has 24 heavy (non-hydrogen) atoms. The summed E-state index contributed by atoms with van der Waals surface area (Å²) in [6.07, 6.45) is 7.27. The average Bonchev–Trinajstić information content (AvgIpc) is 3.00. The molecule has 1 aliphatic carbocycles. The predicted octanol–water partition coefficient (Wildman–Crippen LogP) is 6.64. The third-order valence-electron chi connectivity index (χ3n) is 4.05. The van der Waals surface area contributed by atoms with E-state index in [-0.39, 0.29) is 0 Å². The molecule has 2 aromatic carbocycles. The second-order valence-electron chi connectivity index (χ2n) is 5.62. The fraction of sp³-hybridized carbons (Fsp3) is 0.182. The lowest BCUT2D eigenvalue weighted by molar-refractivity contribution is 1.22. The standard InChI is InChI=1S/C14H14.C8H8S2/c1-3-7-11-10-12-8-5-6-9-14(12)13(11)4-2;1-2-4-8-7(3-1)9-5-6-10-8/h3-9H,2,10H2,1H3;1-4H,5-6H2/b7-3-;. The summed E-state index contributed by atoms with van der Waals surface area (Å²) in [6, 6.07) is 17.2. The van der Waals surface area contributed by atoms with Gasteiger partial charge in [-0.2, -0.15) is 0 Å². The SMILES string of the molecule is C=CC1=C(/C=C\C)Cc2ccccc21.c1ccc2c(c1)SCCS2. The molecule has 4 rings (SSSR count). The smallest absolute Gasteiger partial charge is 0.0208 e. The van der Waals surface area contributed by atoms with E-state index in [1.807, 2.05) is 29.6 Å². The highest BCUT2D eigenvalue weighted by atomic mass is 32.2. The van der Waals surface area contributed by atoms with Gasteiger partial charge in [0.2, 0.25) is 0 Å². The van der Waals surface area contributed by atoms with Crippen LogP contribution in [0.5, 0.6) is 0 Å². The van der Waals surface area contributed by atoms with Gasteiger partial charge in [0.05, 0.1) is 0 Å². The summed E-state index contributed by atoms with van der Waals surface area (Å²) >= 11 is 3.94. The van der Waals surface area contributed by atoms with Gasteiger partial charge in [0.1, 0.15) is 0 Å². The van der Waals surface area contributed by atoms with E-state index in [1.165, 1.54) is 43.6 Å². The van der Waals surface area contributed by atoms with Crippen molar-refractivity contribution in [3.05, 3.63) is 90.0 Å². The molecular formula is C22H22S2. The van der Waals surface area contributed by atoms with Crippen LogP contribution in [0.15, 0.2) is 88.7 Å². The molecule has 0 N–H and O–H groups in total. The molecule has 0 unspecified atom stereocenters. The lowest BCUT2D eigenvalue weighted by atomic mass is 10.1.